The van der Waals surface area contributed by atoms with E-state index in [2.05, 4.69) is 137 Å². The van der Waals surface area contributed by atoms with Gasteiger partial charge < -0.3 is 0 Å². The molecule has 4 heteroatoms. The second kappa shape index (κ2) is 9.10. The van der Waals surface area contributed by atoms with Crippen molar-refractivity contribution in [3.05, 3.63) is 140 Å². The van der Waals surface area contributed by atoms with Crippen LogP contribution in [-0.2, 0) is 0 Å². The number of nitrogens with zero attached hydrogens (tertiary/aromatic N) is 3. The van der Waals surface area contributed by atoms with Gasteiger partial charge in [-0.2, -0.15) is 0 Å². The molecule has 3 heterocycles. The summed E-state index contributed by atoms with van der Waals surface area (Å²) in [5.74, 6) is 0.941. The number of thiophene rings is 1. The van der Waals surface area contributed by atoms with Crippen LogP contribution in [0.3, 0.4) is 0 Å². The summed E-state index contributed by atoms with van der Waals surface area (Å²) in [7, 11) is 0. The van der Waals surface area contributed by atoms with Crippen LogP contribution in [0.5, 0.6) is 0 Å². The molecule has 0 atom stereocenters. The molecule has 0 aliphatic rings. The summed E-state index contributed by atoms with van der Waals surface area (Å²) in [6.45, 7) is 0. The lowest BCUT2D eigenvalue weighted by Gasteiger charge is -2.14. The van der Waals surface area contributed by atoms with E-state index in [1.54, 1.807) is 11.3 Å². The molecule has 42 heavy (non-hydrogen) atoms. The molecule has 0 aliphatic heterocycles. The van der Waals surface area contributed by atoms with Crippen LogP contribution in [0.4, 0.5) is 0 Å². The van der Waals surface area contributed by atoms with E-state index in [1.165, 1.54) is 52.8 Å². The summed E-state index contributed by atoms with van der Waals surface area (Å²) in [4.78, 5) is 9.70. The van der Waals surface area contributed by atoms with E-state index >= 15 is 0 Å². The maximum absolute atomic E-state index is 5.37. The minimum absolute atomic E-state index is 0.941. The van der Waals surface area contributed by atoms with Gasteiger partial charge in [-0.15, -0.1) is 11.3 Å². The van der Waals surface area contributed by atoms with E-state index in [0.717, 1.165) is 28.1 Å². The van der Waals surface area contributed by atoms with Gasteiger partial charge in [0.05, 0.1) is 15.7 Å². The minimum Gasteiger partial charge on any atom is -0.292 e. The highest BCUT2D eigenvalue weighted by atomic mass is 32.1. The number of hydrogen-bond acceptors (Lipinski definition) is 3. The first-order valence-electron chi connectivity index (χ1n) is 14.1. The first-order chi connectivity index (χ1) is 20.8. The molecule has 0 amide bonds. The number of hydrogen-bond donors (Lipinski definition) is 0. The zero-order valence-electron chi connectivity index (χ0n) is 22.5. The van der Waals surface area contributed by atoms with Crippen molar-refractivity contribution >= 4 is 64.1 Å². The maximum Gasteiger partial charge on any atom is 0.145 e. The van der Waals surface area contributed by atoms with Crippen LogP contribution in [0.15, 0.2) is 140 Å². The van der Waals surface area contributed by atoms with Crippen LogP contribution in [0.2, 0.25) is 0 Å². The molecule has 9 rings (SSSR count). The van der Waals surface area contributed by atoms with Crippen molar-refractivity contribution in [2.24, 2.45) is 0 Å². The summed E-state index contributed by atoms with van der Waals surface area (Å²) >= 11 is 1.79. The smallest absolute Gasteiger partial charge is 0.145 e. The maximum atomic E-state index is 5.37. The predicted molar refractivity (Wildman–Crippen MR) is 178 cm³/mol. The fourth-order valence-corrected chi connectivity index (χ4v) is 7.43. The van der Waals surface area contributed by atoms with Gasteiger partial charge in [0, 0.05) is 49.9 Å². The third kappa shape index (κ3) is 3.46. The van der Waals surface area contributed by atoms with E-state index < -0.39 is 0 Å². The molecule has 0 aliphatic carbocycles. The Morgan fingerprint density at radius 2 is 1.21 bits per heavy atom. The first-order valence-corrected chi connectivity index (χ1v) is 14.9. The van der Waals surface area contributed by atoms with Gasteiger partial charge in [-0.3, -0.25) is 9.55 Å². The van der Waals surface area contributed by atoms with Gasteiger partial charge in [-0.25, -0.2) is 4.98 Å². The van der Waals surface area contributed by atoms with E-state index in [9.17, 15) is 0 Å². The molecule has 0 fully saturated rings. The van der Waals surface area contributed by atoms with Gasteiger partial charge in [0.2, 0.25) is 0 Å². The SMILES string of the molecule is c1ccc(-c2nc3c4ccccc4c4ccccc4c3n2-c2cccc(-c3ccc4sc5cnccc5c4c3)c2)cc1. The highest BCUT2D eigenvalue weighted by Gasteiger charge is 2.20. The Kier molecular flexibility index (Phi) is 5.07. The molecule has 3 aromatic heterocycles. The lowest BCUT2D eigenvalue weighted by atomic mass is 9.99. The molecule has 0 unspecified atom stereocenters. The van der Waals surface area contributed by atoms with Crippen molar-refractivity contribution in [3.8, 4) is 28.2 Å². The summed E-state index contributed by atoms with van der Waals surface area (Å²) in [6, 6.07) is 45.6. The van der Waals surface area contributed by atoms with Gasteiger partial charge in [0.15, 0.2) is 0 Å². The molecule has 0 spiro atoms. The third-order valence-corrected chi connectivity index (χ3v) is 9.40. The van der Waals surface area contributed by atoms with Crippen molar-refractivity contribution in [2.45, 2.75) is 0 Å². The third-order valence-electron chi connectivity index (χ3n) is 8.28. The number of fused-ring (bicyclic) bond motifs is 9. The summed E-state index contributed by atoms with van der Waals surface area (Å²) in [5.41, 5.74) is 6.71. The average Bonchev–Trinajstić information content (AvgIpc) is 3.65. The summed E-state index contributed by atoms with van der Waals surface area (Å²) in [5, 5.41) is 7.37. The first kappa shape index (κ1) is 23.4. The highest BCUT2D eigenvalue weighted by Crippen LogP contribution is 2.40. The molecule has 0 saturated carbocycles. The Morgan fingerprint density at radius 3 is 2.07 bits per heavy atom. The van der Waals surface area contributed by atoms with Crippen molar-refractivity contribution in [1.29, 1.82) is 0 Å². The summed E-state index contributed by atoms with van der Waals surface area (Å²) in [6.07, 6.45) is 3.84. The Hall–Kier alpha value is -5.32. The molecule has 0 saturated heterocycles. The van der Waals surface area contributed by atoms with Gasteiger partial charge in [0.1, 0.15) is 5.82 Å². The van der Waals surface area contributed by atoms with Gasteiger partial charge in [0.25, 0.3) is 0 Å². The van der Waals surface area contributed by atoms with Crippen LogP contribution in [0.25, 0.3) is 81.0 Å². The Morgan fingerprint density at radius 1 is 0.500 bits per heavy atom. The van der Waals surface area contributed by atoms with Gasteiger partial charge >= 0.3 is 0 Å². The molecular weight excluding hydrogens is 531 g/mol. The fourth-order valence-electron chi connectivity index (χ4n) is 6.37. The van der Waals surface area contributed by atoms with Crippen LogP contribution < -0.4 is 0 Å². The number of aromatic nitrogens is 3. The highest BCUT2D eigenvalue weighted by molar-refractivity contribution is 7.25. The van der Waals surface area contributed by atoms with Crippen LogP contribution in [-0.4, -0.2) is 14.5 Å². The second-order valence-corrected chi connectivity index (χ2v) is 11.7. The molecule has 6 aromatic carbocycles. The monoisotopic (exact) mass is 553 g/mol. The summed E-state index contributed by atoms with van der Waals surface area (Å²) < 4.78 is 4.85. The van der Waals surface area contributed by atoms with Crippen LogP contribution in [0, 0.1) is 0 Å². The van der Waals surface area contributed by atoms with Crippen molar-refractivity contribution in [2.75, 3.05) is 0 Å². The molecule has 196 valence electrons. The zero-order valence-corrected chi connectivity index (χ0v) is 23.3. The quantitative estimate of drug-likeness (QED) is 0.204. The van der Waals surface area contributed by atoms with Crippen LogP contribution >= 0.6 is 11.3 Å². The normalized spacial score (nSPS) is 11.8. The predicted octanol–water partition coefficient (Wildman–Crippen LogP) is 10.4. The largest absolute Gasteiger partial charge is 0.292 e. The molecule has 9 aromatic rings. The fraction of sp³-hybridized carbons (Fsp3) is 0. The van der Waals surface area contributed by atoms with Crippen molar-refractivity contribution in [3.63, 3.8) is 0 Å². The minimum atomic E-state index is 0.941. The Bertz CT molecular complexity index is 2470. The van der Waals surface area contributed by atoms with E-state index in [0.29, 0.717) is 0 Å². The molecular formula is C38H23N3S. The van der Waals surface area contributed by atoms with Crippen molar-refractivity contribution < 1.29 is 0 Å². The second-order valence-electron chi connectivity index (χ2n) is 10.7. The lowest BCUT2D eigenvalue weighted by molar-refractivity contribution is 1.11. The standard InChI is InChI=1S/C38H23N3S/c1-2-9-24(10-3-1)38-40-36-31-15-6-4-13-28(31)29-14-5-7-16-32(29)37(36)41(38)27-12-8-11-25(21-27)26-17-18-34-33(22-26)30-19-20-39-23-35(30)42-34/h1-23H. The van der Waals surface area contributed by atoms with Crippen molar-refractivity contribution in [1.82, 2.24) is 14.5 Å². The molecule has 3 nitrogen and oxygen atoms in total. The number of imidazole rings is 1. The van der Waals surface area contributed by atoms with Crippen LogP contribution in [0.1, 0.15) is 0 Å². The number of rotatable bonds is 3. The number of benzene rings is 6. The molecule has 0 radical (unpaired) electrons. The van der Waals surface area contributed by atoms with E-state index in [4.69, 9.17) is 4.98 Å². The molecule has 0 bridgehead atoms. The zero-order chi connectivity index (χ0) is 27.6. The lowest BCUT2D eigenvalue weighted by Crippen LogP contribution is -1.98. The van der Waals surface area contributed by atoms with E-state index in [-0.39, 0.29) is 0 Å². The number of pyridine rings is 1. The van der Waals surface area contributed by atoms with E-state index in [1.807, 2.05) is 12.4 Å². The molecule has 0 N–H and O–H groups in total. The Balaban J connectivity index is 1.35. The average molecular weight is 554 g/mol. The Labute approximate surface area is 246 Å². The van der Waals surface area contributed by atoms with Gasteiger partial charge in [-0.05, 0) is 52.2 Å². The van der Waals surface area contributed by atoms with Gasteiger partial charge in [-0.1, -0.05) is 97.1 Å². The topological polar surface area (TPSA) is 30.7 Å².